The number of hydrogen-bond acceptors (Lipinski definition) is 4. The third kappa shape index (κ3) is 5.22. The van der Waals surface area contributed by atoms with Crippen LogP contribution in [0.1, 0.15) is 26.1 Å². The van der Waals surface area contributed by atoms with Crippen LogP contribution in [0.2, 0.25) is 0 Å². The summed E-state index contributed by atoms with van der Waals surface area (Å²) in [6, 6.07) is 0. The van der Waals surface area contributed by atoms with E-state index < -0.39 is 10.0 Å². The first kappa shape index (κ1) is 13.1. The Bertz CT molecular complexity index is 386. The first-order valence-electron chi connectivity index (χ1n) is 5.31. The van der Waals surface area contributed by atoms with Gasteiger partial charge in [-0.15, -0.1) is 0 Å². The van der Waals surface area contributed by atoms with Crippen LogP contribution in [0.25, 0.3) is 0 Å². The molecule has 16 heavy (non-hydrogen) atoms. The van der Waals surface area contributed by atoms with Crippen LogP contribution in [0.5, 0.6) is 0 Å². The molecule has 0 unspecified atom stereocenters. The fraction of sp³-hybridized carbons (Fsp3) is 0.778. The lowest BCUT2D eigenvalue weighted by atomic mass is 10.2. The van der Waals surface area contributed by atoms with Crippen molar-refractivity contribution < 1.29 is 8.42 Å². The maximum atomic E-state index is 11.5. The highest BCUT2D eigenvalue weighted by molar-refractivity contribution is 7.89. The summed E-state index contributed by atoms with van der Waals surface area (Å²) < 4.78 is 25.5. The summed E-state index contributed by atoms with van der Waals surface area (Å²) in [4.78, 5) is 3.91. The SMILES string of the molecule is CC(C)CCS(=O)(=O)NCCc1ncn[nH]1. The summed E-state index contributed by atoms with van der Waals surface area (Å²) in [5.41, 5.74) is 0. The number of sulfonamides is 1. The minimum Gasteiger partial charge on any atom is -0.263 e. The average molecular weight is 246 g/mol. The van der Waals surface area contributed by atoms with Gasteiger partial charge in [-0.1, -0.05) is 13.8 Å². The van der Waals surface area contributed by atoms with E-state index in [-0.39, 0.29) is 5.75 Å². The zero-order valence-electron chi connectivity index (χ0n) is 9.60. The third-order valence-corrected chi connectivity index (χ3v) is 3.53. The van der Waals surface area contributed by atoms with Crippen molar-refractivity contribution in [2.24, 2.45) is 5.92 Å². The predicted molar refractivity (Wildman–Crippen MR) is 61.3 cm³/mol. The average Bonchev–Trinajstić information content (AvgIpc) is 2.68. The van der Waals surface area contributed by atoms with Gasteiger partial charge in [0.2, 0.25) is 10.0 Å². The van der Waals surface area contributed by atoms with Crippen molar-refractivity contribution in [3.05, 3.63) is 12.2 Å². The molecule has 0 saturated heterocycles. The molecule has 0 atom stereocenters. The topological polar surface area (TPSA) is 87.7 Å². The highest BCUT2D eigenvalue weighted by Gasteiger charge is 2.10. The largest absolute Gasteiger partial charge is 0.263 e. The van der Waals surface area contributed by atoms with Gasteiger partial charge in [0, 0.05) is 13.0 Å². The number of hydrogen-bond donors (Lipinski definition) is 2. The number of rotatable bonds is 7. The van der Waals surface area contributed by atoms with E-state index in [9.17, 15) is 8.42 Å². The maximum absolute atomic E-state index is 11.5. The Labute approximate surface area is 95.9 Å². The second-order valence-corrected chi connectivity index (χ2v) is 6.00. The molecule has 0 aromatic carbocycles. The fourth-order valence-corrected chi connectivity index (χ4v) is 2.48. The molecule has 1 heterocycles. The Hall–Kier alpha value is -0.950. The lowest BCUT2D eigenvalue weighted by Gasteiger charge is -2.07. The van der Waals surface area contributed by atoms with Crippen LogP contribution in [-0.2, 0) is 16.4 Å². The molecule has 0 aliphatic carbocycles. The van der Waals surface area contributed by atoms with Crippen LogP contribution in [0.4, 0.5) is 0 Å². The van der Waals surface area contributed by atoms with Crippen LogP contribution < -0.4 is 4.72 Å². The van der Waals surface area contributed by atoms with Crippen molar-refractivity contribution in [2.45, 2.75) is 26.7 Å². The molecule has 0 radical (unpaired) electrons. The summed E-state index contributed by atoms with van der Waals surface area (Å²) in [7, 11) is -3.14. The normalized spacial score (nSPS) is 12.2. The summed E-state index contributed by atoms with van der Waals surface area (Å²) in [5.74, 6) is 1.26. The van der Waals surface area contributed by atoms with Crippen LogP contribution in [0.3, 0.4) is 0 Å². The number of nitrogens with zero attached hydrogens (tertiary/aromatic N) is 2. The summed E-state index contributed by atoms with van der Waals surface area (Å²) in [5, 5.41) is 6.36. The number of nitrogens with one attached hydrogen (secondary N) is 2. The smallest absolute Gasteiger partial charge is 0.211 e. The van der Waals surface area contributed by atoms with E-state index in [4.69, 9.17) is 0 Å². The minimum atomic E-state index is -3.14. The molecule has 2 N–H and O–H groups in total. The van der Waals surface area contributed by atoms with E-state index in [1.807, 2.05) is 13.8 Å². The van der Waals surface area contributed by atoms with Gasteiger partial charge in [-0.25, -0.2) is 18.1 Å². The Kier molecular flexibility index (Phi) is 4.88. The van der Waals surface area contributed by atoms with Gasteiger partial charge in [-0.3, -0.25) is 5.10 Å². The van der Waals surface area contributed by atoms with Crippen LogP contribution in [-0.4, -0.2) is 35.9 Å². The molecule has 0 bridgehead atoms. The van der Waals surface area contributed by atoms with Gasteiger partial charge in [-0.2, -0.15) is 5.10 Å². The molecule has 6 nitrogen and oxygen atoms in total. The molecule has 0 amide bonds. The Morgan fingerprint density at radius 3 is 2.81 bits per heavy atom. The highest BCUT2D eigenvalue weighted by Crippen LogP contribution is 2.01. The zero-order chi connectivity index (χ0) is 12.0. The molecule has 0 fully saturated rings. The monoisotopic (exact) mass is 246 g/mol. The van der Waals surface area contributed by atoms with Crippen molar-refractivity contribution in [3.8, 4) is 0 Å². The molecule has 0 saturated carbocycles. The second-order valence-electron chi connectivity index (χ2n) is 4.08. The quantitative estimate of drug-likeness (QED) is 0.725. The van der Waals surface area contributed by atoms with Gasteiger partial charge in [0.25, 0.3) is 0 Å². The molecule has 1 aromatic rings. The molecule has 0 spiro atoms. The van der Waals surface area contributed by atoms with Gasteiger partial charge in [0.05, 0.1) is 5.75 Å². The molecular weight excluding hydrogens is 228 g/mol. The lowest BCUT2D eigenvalue weighted by Crippen LogP contribution is -2.29. The van der Waals surface area contributed by atoms with Crippen molar-refractivity contribution in [1.82, 2.24) is 19.9 Å². The standard InChI is InChI=1S/C9H18N4O2S/c1-8(2)4-6-16(14,15)12-5-3-9-10-7-11-13-9/h7-8,12H,3-6H2,1-2H3,(H,10,11,13). The lowest BCUT2D eigenvalue weighted by molar-refractivity contribution is 0.561. The van der Waals surface area contributed by atoms with Gasteiger partial charge < -0.3 is 0 Å². The Morgan fingerprint density at radius 2 is 2.25 bits per heavy atom. The van der Waals surface area contributed by atoms with Crippen LogP contribution in [0, 0.1) is 5.92 Å². The molecular formula is C9H18N4O2S. The van der Waals surface area contributed by atoms with Crippen molar-refractivity contribution >= 4 is 10.0 Å². The zero-order valence-corrected chi connectivity index (χ0v) is 10.4. The summed E-state index contributed by atoms with van der Waals surface area (Å²) in [6.45, 7) is 4.36. The molecule has 0 aliphatic rings. The van der Waals surface area contributed by atoms with Gasteiger partial charge >= 0.3 is 0 Å². The van der Waals surface area contributed by atoms with E-state index in [0.29, 0.717) is 31.1 Å². The van der Waals surface area contributed by atoms with E-state index in [1.54, 1.807) is 0 Å². The highest BCUT2D eigenvalue weighted by atomic mass is 32.2. The predicted octanol–water partition coefficient (Wildman–Crippen LogP) is 0.313. The van der Waals surface area contributed by atoms with E-state index in [0.717, 1.165) is 0 Å². The summed E-state index contributed by atoms with van der Waals surface area (Å²) >= 11 is 0. The molecule has 1 aromatic heterocycles. The Balaban J connectivity index is 2.26. The van der Waals surface area contributed by atoms with Crippen LogP contribution >= 0.6 is 0 Å². The summed E-state index contributed by atoms with van der Waals surface area (Å²) in [6.07, 6.45) is 2.61. The van der Waals surface area contributed by atoms with E-state index in [2.05, 4.69) is 19.9 Å². The van der Waals surface area contributed by atoms with E-state index >= 15 is 0 Å². The van der Waals surface area contributed by atoms with Crippen LogP contribution in [0.15, 0.2) is 6.33 Å². The maximum Gasteiger partial charge on any atom is 0.211 e. The first-order chi connectivity index (χ1) is 7.49. The van der Waals surface area contributed by atoms with E-state index in [1.165, 1.54) is 6.33 Å². The molecule has 1 rings (SSSR count). The molecule has 7 heteroatoms. The third-order valence-electron chi connectivity index (χ3n) is 2.11. The minimum absolute atomic E-state index is 0.182. The van der Waals surface area contributed by atoms with Crippen molar-refractivity contribution in [2.75, 3.05) is 12.3 Å². The number of H-pyrrole nitrogens is 1. The van der Waals surface area contributed by atoms with Crippen molar-refractivity contribution in [3.63, 3.8) is 0 Å². The van der Waals surface area contributed by atoms with Crippen molar-refractivity contribution in [1.29, 1.82) is 0 Å². The number of aromatic amines is 1. The molecule has 0 aliphatic heterocycles. The van der Waals surface area contributed by atoms with Gasteiger partial charge in [0.15, 0.2) is 0 Å². The second kappa shape index (κ2) is 5.95. The molecule has 92 valence electrons. The Morgan fingerprint density at radius 1 is 1.50 bits per heavy atom. The van der Waals surface area contributed by atoms with Gasteiger partial charge in [0.1, 0.15) is 12.2 Å². The fourth-order valence-electron chi connectivity index (χ4n) is 1.14. The first-order valence-corrected chi connectivity index (χ1v) is 6.96. The van der Waals surface area contributed by atoms with Gasteiger partial charge in [-0.05, 0) is 12.3 Å². The number of aromatic nitrogens is 3.